The fourth-order valence-corrected chi connectivity index (χ4v) is 1.78. The topological polar surface area (TPSA) is 51.0 Å². The summed E-state index contributed by atoms with van der Waals surface area (Å²) in [6.45, 7) is 3.84. The third-order valence-electron chi connectivity index (χ3n) is 2.85. The number of nitrogens with one attached hydrogen (secondary N) is 1. The van der Waals surface area contributed by atoms with Crippen LogP contribution >= 0.6 is 0 Å². The Labute approximate surface area is 105 Å². The van der Waals surface area contributed by atoms with Crippen molar-refractivity contribution in [3.8, 4) is 11.5 Å². The van der Waals surface area contributed by atoms with Gasteiger partial charge in [-0.05, 0) is 38.1 Å². The predicted octanol–water partition coefficient (Wildman–Crippen LogP) is 2.85. The van der Waals surface area contributed by atoms with Crippen molar-refractivity contribution < 1.29 is 8.81 Å². The summed E-state index contributed by atoms with van der Waals surface area (Å²) in [6.07, 6.45) is 0.828. The van der Waals surface area contributed by atoms with Gasteiger partial charge in [0.25, 0.3) is 5.89 Å². The minimum absolute atomic E-state index is 0.000223. The second kappa shape index (κ2) is 5.27. The predicted molar refractivity (Wildman–Crippen MR) is 66.5 cm³/mol. The molecular formula is C13H16FN3O. The van der Waals surface area contributed by atoms with Crippen LogP contribution in [0, 0.1) is 12.7 Å². The molecule has 1 unspecified atom stereocenters. The second-order valence-corrected chi connectivity index (χ2v) is 4.18. The van der Waals surface area contributed by atoms with Crippen LogP contribution in [0.5, 0.6) is 0 Å². The van der Waals surface area contributed by atoms with Crippen LogP contribution in [0.3, 0.4) is 0 Å². The second-order valence-electron chi connectivity index (χ2n) is 4.18. The van der Waals surface area contributed by atoms with E-state index in [1.54, 1.807) is 6.07 Å². The van der Waals surface area contributed by atoms with Gasteiger partial charge in [0.1, 0.15) is 5.82 Å². The molecule has 0 saturated carbocycles. The molecule has 0 aliphatic rings. The molecule has 1 N–H and O–H groups in total. The average molecular weight is 249 g/mol. The summed E-state index contributed by atoms with van der Waals surface area (Å²) in [5, 5.41) is 10.9. The lowest BCUT2D eigenvalue weighted by Gasteiger charge is -2.07. The molecule has 0 aliphatic heterocycles. The molecule has 0 fully saturated rings. The first-order valence-electron chi connectivity index (χ1n) is 5.93. The fourth-order valence-electron chi connectivity index (χ4n) is 1.78. The summed E-state index contributed by atoms with van der Waals surface area (Å²) >= 11 is 0. The van der Waals surface area contributed by atoms with Crippen LogP contribution in [0.4, 0.5) is 4.39 Å². The van der Waals surface area contributed by atoms with Gasteiger partial charge in [-0.25, -0.2) is 4.39 Å². The van der Waals surface area contributed by atoms with Gasteiger partial charge in [-0.15, -0.1) is 10.2 Å². The number of benzene rings is 1. The summed E-state index contributed by atoms with van der Waals surface area (Å²) in [5.74, 6) is 0.355. The van der Waals surface area contributed by atoms with Crippen molar-refractivity contribution >= 4 is 0 Å². The maximum Gasteiger partial charge on any atom is 0.250 e. The van der Waals surface area contributed by atoms with Crippen molar-refractivity contribution in [3.05, 3.63) is 35.5 Å². The van der Waals surface area contributed by atoms with E-state index in [9.17, 15) is 4.39 Å². The molecule has 18 heavy (non-hydrogen) atoms. The highest BCUT2D eigenvalue weighted by molar-refractivity contribution is 5.54. The number of hydrogen-bond acceptors (Lipinski definition) is 4. The quantitative estimate of drug-likeness (QED) is 0.905. The van der Waals surface area contributed by atoms with Gasteiger partial charge < -0.3 is 9.73 Å². The number of aryl methyl sites for hydroxylation is 1. The summed E-state index contributed by atoms with van der Waals surface area (Å²) in [5.41, 5.74) is 1.20. The van der Waals surface area contributed by atoms with E-state index < -0.39 is 0 Å². The Hall–Kier alpha value is -1.75. The van der Waals surface area contributed by atoms with Gasteiger partial charge in [0.15, 0.2) is 0 Å². The Bertz CT molecular complexity index is 535. The van der Waals surface area contributed by atoms with Gasteiger partial charge >= 0.3 is 0 Å². The van der Waals surface area contributed by atoms with Crippen LogP contribution in [0.1, 0.15) is 30.8 Å². The third kappa shape index (κ3) is 2.41. The van der Waals surface area contributed by atoms with Gasteiger partial charge in [-0.3, -0.25) is 0 Å². The first-order chi connectivity index (χ1) is 8.65. The smallest absolute Gasteiger partial charge is 0.250 e. The lowest BCUT2D eigenvalue weighted by atomic mass is 10.1. The van der Waals surface area contributed by atoms with Crippen molar-refractivity contribution in [2.24, 2.45) is 0 Å². The van der Waals surface area contributed by atoms with Crippen molar-refractivity contribution in [1.29, 1.82) is 0 Å². The number of halogens is 1. The minimum atomic E-state index is -0.345. The van der Waals surface area contributed by atoms with Crippen molar-refractivity contribution in [2.45, 2.75) is 26.3 Å². The molecule has 1 atom stereocenters. The average Bonchev–Trinajstić information content (AvgIpc) is 2.80. The van der Waals surface area contributed by atoms with E-state index in [1.165, 1.54) is 6.07 Å². The summed E-state index contributed by atoms with van der Waals surface area (Å²) in [6, 6.07) is 4.92. The number of nitrogens with zero attached hydrogens (tertiary/aromatic N) is 2. The molecule has 0 bridgehead atoms. The van der Waals surface area contributed by atoms with E-state index in [-0.39, 0.29) is 17.7 Å². The molecule has 0 amide bonds. The normalized spacial score (nSPS) is 12.7. The summed E-state index contributed by atoms with van der Waals surface area (Å²) in [4.78, 5) is 0. The molecular weight excluding hydrogens is 233 g/mol. The van der Waals surface area contributed by atoms with Crippen LogP contribution in [0.15, 0.2) is 22.6 Å². The monoisotopic (exact) mass is 249 g/mol. The van der Waals surface area contributed by atoms with E-state index >= 15 is 0 Å². The van der Waals surface area contributed by atoms with Gasteiger partial charge in [-0.1, -0.05) is 13.0 Å². The molecule has 2 aromatic rings. The van der Waals surface area contributed by atoms with E-state index in [2.05, 4.69) is 15.5 Å². The van der Waals surface area contributed by atoms with E-state index in [1.807, 2.05) is 27.0 Å². The van der Waals surface area contributed by atoms with Crippen molar-refractivity contribution in [3.63, 3.8) is 0 Å². The van der Waals surface area contributed by atoms with Crippen molar-refractivity contribution in [1.82, 2.24) is 15.5 Å². The van der Waals surface area contributed by atoms with Crippen LogP contribution in [-0.2, 0) is 0 Å². The molecule has 0 radical (unpaired) electrons. The van der Waals surface area contributed by atoms with E-state index in [0.717, 1.165) is 12.0 Å². The third-order valence-corrected chi connectivity index (χ3v) is 2.85. The maximum atomic E-state index is 13.8. The highest BCUT2D eigenvalue weighted by atomic mass is 19.1. The van der Waals surface area contributed by atoms with Crippen LogP contribution in [-0.4, -0.2) is 17.2 Å². The maximum absolute atomic E-state index is 13.8. The lowest BCUT2D eigenvalue weighted by molar-refractivity contribution is 0.414. The minimum Gasteiger partial charge on any atom is -0.419 e. The van der Waals surface area contributed by atoms with Gasteiger partial charge in [0, 0.05) is 0 Å². The zero-order chi connectivity index (χ0) is 13.1. The lowest BCUT2D eigenvalue weighted by Crippen LogP contribution is -2.15. The van der Waals surface area contributed by atoms with Gasteiger partial charge in [0.2, 0.25) is 5.89 Å². The number of rotatable bonds is 4. The SMILES string of the molecule is CCC(NC)c1nnc(-c2ccc(C)cc2F)o1. The highest BCUT2D eigenvalue weighted by Gasteiger charge is 2.17. The Balaban J connectivity index is 2.34. The Morgan fingerprint density at radius 3 is 2.78 bits per heavy atom. The molecule has 1 heterocycles. The summed E-state index contributed by atoms with van der Waals surface area (Å²) in [7, 11) is 1.82. The Morgan fingerprint density at radius 1 is 1.39 bits per heavy atom. The first-order valence-corrected chi connectivity index (χ1v) is 5.93. The Morgan fingerprint density at radius 2 is 2.17 bits per heavy atom. The molecule has 0 saturated heterocycles. The zero-order valence-electron chi connectivity index (χ0n) is 10.7. The fraction of sp³-hybridized carbons (Fsp3) is 0.385. The number of hydrogen-bond donors (Lipinski definition) is 1. The first kappa shape index (κ1) is 12.7. The van der Waals surface area contributed by atoms with Gasteiger partial charge in [-0.2, -0.15) is 0 Å². The molecule has 0 aliphatic carbocycles. The van der Waals surface area contributed by atoms with E-state index in [0.29, 0.717) is 11.5 Å². The van der Waals surface area contributed by atoms with Gasteiger partial charge in [0.05, 0.1) is 11.6 Å². The molecule has 2 rings (SSSR count). The van der Waals surface area contributed by atoms with Crippen LogP contribution in [0.25, 0.3) is 11.5 Å². The molecule has 0 spiro atoms. The molecule has 4 nitrogen and oxygen atoms in total. The molecule has 96 valence electrons. The molecule has 1 aromatic heterocycles. The zero-order valence-corrected chi connectivity index (χ0v) is 10.7. The standard InChI is InChI=1S/C13H16FN3O/c1-4-11(15-3)13-17-16-12(18-13)9-6-5-8(2)7-10(9)14/h5-7,11,15H,4H2,1-3H3. The van der Waals surface area contributed by atoms with Crippen molar-refractivity contribution in [2.75, 3.05) is 7.05 Å². The summed E-state index contributed by atoms with van der Waals surface area (Å²) < 4.78 is 19.3. The molecule has 5 heteroatoms. The number of aromatic nitrogens is 2. The van der Waals surface area contributed by atoms with Crippen LogP contribution in [0.2, 0.25) is 0 Å². The van der Waals surface area contributed by atoms with Crippen LogP contribution < -0.4 is 5.32 Å². The largest absolute Gasteiger partial charge is 0.419 e. The van der Waals surface area contributed by atoms with E-state index in [4.69, 9.17) is 4.42 Å². The highest BCUT2D eigenvalue weighted by Crippen LogP contribution is 2.24. The molecule has 1 aromatic carbocycles. The Kier molecular flexibility index (Phi) is 3.72.